The number of aryl methyl sites for hydroxylation is 1. The van der Waals surface area contributed by atoms with Gasteiger partial charge in [0.15, 0.2) is 0 Å². The maximum absolute atomic E-state index is 13.5. The maximum atomic E-state index is 13.5. The van der Waals surface area contributed by atoms with E-state index in [0.29, 0.717) is 23.5 Å². The van der Waals surface area contributed by atoms with Gasteiger partial charge in [0.25, 0.3) is 5.91 Å². The first-order chi connectivity index (χ1) is 20.5. The van der Waals surface area contributed by atoms with Gasteiger partial charge in [0, 0.05) is 43.3 Å². The van der Waals surface area contributed by atoms with Crippen molar-refractivity contribution in [2.75, 3.05) is 38.0 Å². The minimum absolute atomic E-state index is 0. The van der Waals surface area contributed by atoms with Crippen LogP contribution < -0.4 is 5.32 Å². The summed E-state index contributed by atoms with van der Waals surface area (Å²) in [4.78, 5) is 27.8. The molecule has 2 aliphatic rings. The van der Waals surface area contributed by atoms with Crippen LogP contribution in [0, 0.1) is 12.8 Å². The average Bonchev–Trinajstić information content (AvgIpc) is 3.35. The van der Waals surface area contributed by atoms with Gasteiger partial charge < -0.3 is 15.2 Å². The standard InChI is InChI=1S/C33H46N2O6S2.CH4/c1-23-9-7-8-12-28(23)30-17-25(13-14-29(30)32(36)34-31(33(37)38)15-16-43(3,39)40)19-35-20-27(18-26(35)21-41-2)42-22-24-10-5-4-6-11-24;/h7-9,12-14,17,24,26-27,31H,4-6,10-11,15-16,18-22H2,1-3H3,(H,34,36)(H,37,38);1H4/t26-,27+,31+;/m1./s1. The Bertz CT molecular complexity index is 1360. The second-order valence-corrected chi connectivity index (χ2v) is 15.8. The largest absolute Gasteiger partial charge is 0.480 e. The molecule has 1 saturated heterocycles. The Morgan fingerprint density at radius 3 is 2.50 bits per heavy atom. The fourth-order valence-corrected chi connectivity index (χ4v) is 8.49. The number of likely N-dealkylation sites (tertiary alicyclic amines) is 1. The smallest absolute Gasteiger partial charge is 0.326 e. The van der Waals surface area contributed by atoms with Gasteiger partial charge >= 0.3 is 5.97 Å². The van der Waals surface area contributed by atoms with Crippen LogP contribution in [0.2, 0.25) is 0 Å². The average molecular weight is 647 g/mol. The number of carboxylic acid groups (broad SMARTS) is 1. The third kappa shape index (κ3) is 10.3. The zero-order valence-corrected chi connectivity index (χ0v) is 27.2. The van der Waals surface area contributed by atoms with Crippen LogP contribution in [0.25, 0.3) is 11.1 Å². The van der Waals surface area contributed by atoms with E-state index >= 15 is 0 Å². The molecule has 10 heteroatoms. The fraction of sp³-hybridized carbons (Fsp3) is 0.588. The normalized spacial score (nSPS) is 20.2. The van der Waals surface area contributed by atoms with Crippen LogP contribution in [0.15, 0.2) is 42.5 Å². The summed E-state index contributed by atoms with van der Waals surface area (Å²) in [5.74, 6) is -0.0487. The van der Waals surface area contributed by atoms with Gasteiger partial charge in [0.05, 0.1) is 12.4 Å². The molecule has 1 heterocycles. The number of hydrogen-bond donors (Lipinski definition) is 2. The van der Waals surface area contributed by atoms with Crippen LogP contribution in [0.4, 0.5) is 0 Å². The van der Waals surface area contributed by atoms with Gasteiger partial charge in [0.2, 0.25) is 0 Å². The summed E-state index contributed by atoms with van der Waals surface area (Å²) in [7, 11) is -1.62. The Morgan fingerprint density at radius 1 is 1.11 bits per heavy atom. The van der Waals surface area contributed by atoms with Crippen molar-refractivity contribution >= 4 is 33.5 Å². The summed E-state index contributed by atoms with van der Waals surface area (Å²) >= 11 is 2.12. The summed E-state index contributed by atoms with van der Waals surface area (Å²) in [5, 5.41) is 12.8. The fourth-order valence-electron chi connectivity index (χ4n) is 6.29. The van der Waals surface area contributed by atoms with E-state index in [2.05, 4.69) is 22.0 Å². The Morgan fingerprint density at radius 2 is 1.84 bits per heavy atom. The lowest BCUT2D eigenvalue weighted by Crippen LogP contribution is -2.42. The number of benzene rings is 2. The molecular formula is C34H50N2O6S2. The molecule has 0 spiro atoms. The van der Waals surface area contributed by atoms with Crippen LogP contribution in [0.3, 0.4) is 0 Å². The number of carboxylic acids is 1. The van der Waals surface area contributed by atoms with Crippen molar-refractivity contribution in [3.8, 4) is 11.1 Å². The third-order valence-corrected chi connectivity index (χ3v) is 11.1. The van der Waals surface area contributed by atoms with Crippen LogP contribution >= 0.6 is 11.8 Å². The van der Waals surface area contributed by atoms with Gasteiger partial charge in [-0.3, -0.25) is 9.69 Å². The molecule has 1 amide bonds. The molecule has 4 rings (SSSR count). The first kappa shape index (κ1) is 36.1. The van der Waals surface area contributed by atoms with Crippen molar-refractivity contribution in [3.05, 3.63) is 59.2 Å². The Labute approximate surface area is 268 Å². The molecule has 0 bridgehead atoms. The van der Waals surface area contributed by atoms with Gasteiger partial charge in [-0.2, -0.15) is 11.8 Å². The molecule has 1 saturated carbocycles. The Kier molecular flexibility index (Phi) is 13.8. The van der Waals surface area contributed by atoms with Crippen molar-refractivity contribution < 1.29 is 27.9 Å². The lowest BCUT2D eigenvalue weighted by molar-refractivity contribution is -0.139. The maximum Gasteiger partial charge on any atom is 0.326 e. The number of thioether (sulfide) groups is 1. The molecular weight excluding hydrogens is 597 g/mol. The zero-order chi connectivity index (χ0) is 31.0. The highest BCUT2D eigenvalue weighted by atomic mass is 32.2. The monoisotopic (exact) mass is 646 g/mol. The molecule has 44 heavy (non-hydrogen) atoms. The molecule has 0 unspecified atom stereocenters. The number of carbonyl (C=O) groups excluding carboxylic acids is 1. The molecule has 0 aromatic heterocycles. The van der Waals surface area contributed by atoms with Gasteiger partial charge in [-0.25, -0.2) is 13.2 Å². The van der Waals surface area contributed by atoms with Crippen LogP contribution in [0.5, 0.6) is 0 Å². The number of rotatable bonds is 14. The SMILES string of the molecule is C.COC[C@H]1C[C@H](SCC2CCCCC2)CN1Cc1ccc(C(=O)N[C@@H](CCS(C)(=O)=O)C(=O)O)c(-c2ccccc2C)c1. The minimum Gasteiger partial charge on any atom is -0.480 e. The second-order valence-electron chi connectivity index (χ2n) is 12.2. The molecule has 2 N–H and O–H groups in total. The van der Waals surface area contributed by atoms with Crippen molar-refractivity contribution in [1.82, 2.24) is 10.2 Å². The molecule has 1 aliphatic carbocycles. The lowest BCUT2D eigenvalue weighted by Gasteiger charge is -2.25. The predicted molar refractivity (Wildman–Crippen MR) is 180 cm³/mol. The van der Waals surface area contributed by atoms with E-state index in [4.69, 9.17) is 4.74 Å². The van der Waals surface area contributed by atoms with Crippen LogP contribution in [0.1, 0.15) is 73.9 Å². The van der Waals surface area contributed by atoms with Crippen molar-refractivity contribution in [3.63, 3.8) is 0 Å². The second kappa shape index (κ2) is 16.8. The first-order valence-corrected chi connectivity index (χ1v) is 18.4. The third-order valence-electron chi connectivity index (χ3n) is 8.67. The summed E-state index contributed by atoms with van der Waals surface area (Å²) in [5.41, 5.74) is 4.05. The summed E-state index contributed by atoms with van der Waals surface area (Å²) < 4.78 is 28.9. The molecule has 2 aromatic rings. The Hall–Kier alpha value is -2.40. The Balaban J connectivity index is 0.00000529. The molecule has 244 valence electrons. The molecule has 2 aromatic carbocycles. The number of amides is 1. The molecule has 0 radical (unpaired) electrons. The molecule has 8 nitrogen and oxygen atoms in total. The van der Waals surface area contributed by atoms with Gasteiger partial charge in [-0.15, -0.1) is 0 Å². The lowest BCUT2D eigenvalue weighted by atomic mass is 9.91. The molecule has 1 aliphatic heterocycles. The first-order valence-electron chi connectivity index (χ1n) is 15.3. The highest BCUT2D eigenvalue weighted by Gasteiger charge is 2.33. The van der Waals surface area contributed by atoms with E-state index in [0.717, 1.165) is 53.9 Å². The number of nitrogens with one attached hydrogen (secondary N) is 1. The topological polar surface area (TPSA) is 113 Å². The number of sulfone groups is 1. The summed E-state index contributed by atoms with van der Waals surface area (Å²) in [6.45, 7) is 4.38. The number of ether oxygens (including phenoxy) is 1. The highest BCUT2D eigenvalue weighted by Crippen LogP contribution is 2.35. The van der Waals surface area contributed by atoms with Gasteiger partial charge in [-0.1, -0.05) is 57.0 Å². The van der Waals surface area contributed by atoms with Gasteiger partial charge in [-0.05, 0) is 78.7 Å². The van der Waals surface area contributed by atoms with E-state index in [1.165, 1.54) is 37.9 Å². The highest BCUT2D eigenvalue weighted by molar-refractivity contribution is 7.99. The van der Waals surface area contributed by atoms with Gasteiger partial charge in [0.1, 0.15) is 15.9 Å². The van der Waals surface area contributed by atoms with Crippen molar-refractivity contribution in [2.24, 2.45) is 5.92 Å². The van der Waals surface area contributed by atoms with Crippen LogP contribution in [-0.4, -0.2) is 85.7 Å². The van der Waals surface area contributed by atoms with Crippen molar-refractivity contribution in [2.45, 2.75) is 83.2 Å². The number of methoxy groups -OCH3 is 1. The molecule has 3 atom stereocenters. The van der Waals surface area contributed by atoms with E-state index in [1.54, 1.807) is 13.2 Å². The van der Waals surface area contributed by atoms with E-state index in [-0.39, 0.29) is 19.6 Å². The molecule has 2 fully saturated rings. The quantitative estimate of drug-likeness (QED) is 0.264. The summed E-state index contributed by atoms with van der Waals surface area (Å²) in [6, 6.07) is 12.6. The predicted octanol–water partition coefficient (Wildman–Crippen LogP) is 5.82. The zero-order valence-electron chi connectivity index (χ0n) is 25.6. The summed E-state index contributed by atoms with van der Waals surface area (Å²) in [6.07, 6.45) is 8.77. The number of nitrogens with zero attached hydrogens (tertiary/aromatic N) is 1. The van der Waals surface area contributed by atoms with E-state index < -0.39 is 27.8 Å². The van der Waals surface area contributed by atoms with E-state index in [1.807, 2.05) is 43.3 Å². The number of aliphatic carboxylic acids is 1. The van der Waals surface area contributed by atoms with E-state index in [9.17, 15) is 23.1 Å². The number of carbonyl (C=O) groups is 2. The van der Waals surface area contributed by atoms with Crippen LogP contribution in [-0.2, 0) is 25.9 Å². The van der Waals surface area contributed by atoms with Crippen molar-refractivity contribution in [1.29, 1.82) is 0 Å². The number of hydrogen-bond acceptors (Lipinski definition) is 7. The minimum atomic E-state index is -3.38.